The van der Waals surface area contributed by atoms with Gasteiger partial charge in [0.25, 0.3) is 0 Å². The van der Waals surface area contributed by atoms with Crippen molar-refractivity contribution in [3.8, 4) is 0 Å². The van der Waals surface area contributed by atoms with Gasteiger partial charge in [0.2, 0.25) is 5.91 Å². The summed E-state index contributed by atoms with van der Waals surface area (Å²) in [5, 5.41) is 0.659. The van der Waals surface area contributed by atoms with Gasteiger partial charge in [0, 0.05) is 13.6 Å². The topological polar surface area (TPSA) is 60.1 Å². The Kier molecular flexibility index (Phi) is 4.08. The maximum atomic E-state index is 12.9. The van der Waals surface area contributed by atoms with Crippen LogP contribution in [0.25, 0.3) is 21.3 Å². The second kappa shape index (κ2) is 6.42. The third-order valence-electron chi connectivity index (χ3n) is 4.48. The first-order valence-electron chi connectivity index (χ1n) is 8.40. The van der Waals surface area contributed by atoms with Gasteiger partial charge in [0.1, 0.15) is 6.54 Å². The summed E-state index contributed by atoms with van der Waals surface area (Å²) in [7, 11) is 1.72. The van der Waals surface area contributed by atoms with E-state index >= 15 is 0 Å². The van der Waals surface area contributed by atoms with Crippen LogP contribution in [0.5, 0.6) is 0 Å². The van der Waals surface area contributed by atoms with Gasteiger partial charge in [-0.1, -0.05) is 35.6 Å². The summed E-state index contributed by atoms with van der Waals surface area (Å²) in [5.74, 6) is -0.148. The van der Waals surface area contributed by atoms with Gasteiger partial charge in [-0.25, -0.2) is 9.78 Å². The number of likely N-dealkylation sites (N-methyl/N-ethyl adjacent to an activating group) is 1. The number of amides is 1. The van der Waals surface area contributed by atoms with E-state index in [0.717, 1.165) is 21.3 Å². The van der Waals surface area contributed by atoms with Crippen molar-refractivity contribution in [2.45, 2.75) is 13.5 Å². The SMILES string of the molecule is CCN(C(=O)Cn1c(=O)n(C)c2ccccc21)c1nc2ccccc2s1. The maximum Gasteiger partial charge on any atom is 0.329 e. The Balaban J connectivity index is 1.71. The maximum absolute atomic E-state index is 12.9. The number of benzene rings is 2. The monoisotopic (exact) mass is 366 g/mol. The molecule has 0 saturated heterocycles. The standard InChI is InChI=1S/C19H18N4O2S/c1-3-22(18-20-13-8-4-7-11-16(13)26-18)17(24)12-23-15-10-6-5-9-14(15)21(2)19(23)25/h4-11H,3,12H2,1-2H3. The number of rotatable bonds is 4. The molecule has 0 N–H and O–H groups in total. The van der Waals surface area contributed by atoms with Gasteiger partial charge < -0.3 is 0 Å². The van der Waals surface area contributed by atoms with Crippen LogP contribution in [0.15, 0.2) is 53.3 Å². The molecule has 4 rings (SSSR count). The van der Waals surface area contributed by atoms with E-state index in [1.54, 1.807) is 16.5 Å². The first-order valence-corrected chi connectivity index (χ1v) is 9.22. The molecule has 0 saturated carbocycles. The molecule has 6 nitrogen and oxygen atoms in total. The largest absolute Gasteiger partial charge is 0.329 e. The van der Waals surface area contributed by atoms with Crippen LogP contribution < -0.4 is 10.6 Å². The van der Waals surface area contributed by atoms with Crippen molar-refractivity contribution in [1.29, 1.82) is 0 Å². The van der Waals surface area contributed by atoms with Crippen LogP contribution in [0.1, 0.15) is 6.92 Å². The molecule has 4 aromatic rings. The van der Waals surface area contributed by atoms with Crippen LogP contribution in [-0.4, -0.2) is 26.6 Å². The molecule has 2 aromatic carbocycles. The lowest BCUT2D eigenvalue weighted by Crippen LogP contribution is -2.36. The first-order chi connectivity index (χ1) is 12.6. The fraction of sp³-hybridized carbons (Fsp3) is 0.211. The molecule has 0 aliphatic heterocycles. The second-order valence-corrected chi connectivity index (χ2v) is 7.03. The lowest BCUT2D eigenvalue weighted by atomic mass is 10.3. The number of hydrogen-bond donors (Lipinski definition) is 0. The van der Waals surface area contributed by atoms with Gasteiger partial charge in [0.15, 0.2) is 5.13 Å². The molecule has 132 valence electrons. The van der Waals surface area contributed by atoms with E-state index in [0.29, 0.717) is 11.7 Å². The zero-order valence-electron chi connectivity index (χ0n) is 14.5. The van der Waals surface area contributed by atoms with Crippen molar-refractivity contribution in [2.24, 2.45) is 7.05 Å². The Labute approximate surface area is 153 Å². The zero-order chi connectivity index (χ0) is 18.3. The molecule has 0 fully saturated rings. The number of thiazole rings is 1. The Morgan fingerprint density at radius 1 is 1.12 bits per heavy atom. The van der Waals surface area contributed by atoms with Crippen molar-refractivity contribution in [3.05, 3.63) is 59.0 Å². The van der Waals surface area contributed by atoms with Gasteiger partial charge in [-0.2, -0.15) is 0 Å². The minimum Gasteiger partial charge on any atom is -0.295 e. The van der Waals surface area contributed by atoms with Gasteiger partial charge in [-0.3, -0.25) is 18.8 Å². The highest BCUT2D eigenvalue weighted by Gasteiger charge is 2.21. The van der Waals surface area contributed by atoms with E-state index in [2.05, 4.69) is 4.98 Å². The summed E-state index contributed by atoms with van der Waals surface area (Å²) < 4.78 is 4.13. The lowest BCUT2D eigenvalue weighted by molar-refractivity contribution is -0.119. The average Bonchev–Trinajstić information content (AvgIpc) is 3.18. The Bertz CT molecular complexity index is 1140. The van der Waals surface area contributed by atoms with Crippen molar-refractivity contribution in [2.75, 3.05) is 11.4 Å². The number of nitrogens with zero attached hydrogens (tertiary/aromatic N) is 4. The summed E-state index contributed by atoms with van der Waals surface area (Å²) >= 11 is 1.48. The van der Waals surface area contributed by atoms with Gasteiger partial charge in [0.05, 0.1) is 21.3 Å². The highest BCUT2D eigenvalue weighted by molar-refractivity contribution is 7.22. The Morgan fingerprint density at radius 2 is 1.81 bits per heavy atom. The number of hydrogen-bond acceptors (Lipinski definition) is 4. The quantitative estimate of drug-likeness (QED) is 0.558. The number of aromatic nitrogens is 3. The van der Waals surface area contributed by atoms with Gasteiger partial charge >= 0.3 is 5.69 Å². The second-order valence-electron chi connectivity index (χ2n) is 6.02. The molecular weight excluding hydrogens is 348 g/mol. The Morgan fingerprint density at radius 3 is 2.54 bits per heavy atom. The van der Waals surface area contributed by atoms with Crippen LogP contribution in [0, 0.1) is 0 Å². The van der Waals surface area contributed by atoms with Crippen molar-refractivity contribution in [1.82, 2.24) is 14.1 Å². The molecule has 1 amide bonds. The third kappa shape index (κ3) is 2.61. The molecule has 2 heterocycles. The van der Waals surface area contributed by atoms with Crippen molar-refractivity contribution < 1.29 is 4.79 Å². The number of fused-ring (bicyclic) bond motifs is 2. The summed E-state index contributed by atoms with van der Waals surface area (Å²) in [6.45, 7) is 2.40. The fourth-order valence-electron chi connectivity index (χ4n) is 3.13. The number of carbonyl (C=O) groups is 1. The number of para-hydroxylation sites is 3. The molecule has 26 heavy (non-hydrogen) atoms. The van der Waals surface area contributed by atoms with Gasteiger partial charge in [-0.05, 0) is 31.2 Å². The molecule has 0 spiro atoms. The minimum atomic E-state index is -0.195. The lowest BCUT2D eigenvalue weighted by Gasteiger charge is -2.17. The predicted octanol–water partition coefficient (Wildman–Crippen LogP) is 3.00. The molecule has 0 atom stereocenters. The molecular formula is C19H18N4O2S. The van der Waals surface area contributed by atoms with Crippen molar-refractivity contribution in [3.63, 3.8) is 0 Å². The van der Waals surface area contributed by atoms with Gasteiger partial charge in [-0.15, -0.1) is 0 Å². The summed E-state index contributed by atoms with van der Waals surface area (Å²) in [4.78, 5) is 31.7. The molecule has 2 aromatic heterocycles. The highest BCUT2D eigenvalue weighted by Crippen LogP contribution is 2.28. The smallest absolute Gasteiger partial charge is 0.295 e. The van der Waals surface area contributed by atoms with E-state index in [4.69, 9.17) is 0 Å². The predicted molar refractivity (Wildman–Crippen MR) is 105 cm³/mol. The summed E-state index contributed by atoms with van der Waals surface area (Å²) in [5.41, 5.74) is 2.25. The van der Waals surface area contributed by atoms with Crippen molar-refractivity contribution >= 4 is 43.6 Å². The fourth-order valence-corrected chi connectivity index (χ4v) is 4.18. The van der Waals surface area contributed by atoms with Crippen LogP contribution >= 0.6 is 11.3 Å². The number of carbonyl (C=O) groups excluding carboxylic acids is 1. The average molecular weight is 366 g/mol. The van der Waals surface area contributed by atoms with E-state index in [1.807, 2.05) is 55.5 Å². The van der Waals surface area contributed by atoms with Crippen LogP contribution in [-0.2, 0) is 18.4 Å². The molecule has 0 aliphatic rings. The first kappa shape index (κ1) is 16.5. The van der Waals surface area contributed by atoms with E-state index in [9.17, 15) is 9.59 Å². The van der Waals surface area contributed by atoms with Crippen LogP contribution in [0.2, 0.25) is 0 Å². The van der Waals surface area contributed by atoms with E-state index in [1.165, 1.54) is 15.9 Å². The normalized spacial score (nSPS) is 11.3. The zero-order valence-corrected chi connectivity index (χ0v) is 15.4. The minimum absolute atomic E-state index is 0.00997. The summed E-state index contributed by atoms with van der Waals surface area (Å²) in [6, 6.07) is 15.3. The molecule has 7 heteroatoms. The van der Waals surface area contributed by atoms with E-state index in [-0.39, 0.29) is 18.1 Å². The highest BCUT2D eigenvalue weighted by atomic mass is 32.1. The number of anilines is 1. The molecule has 0 radical (unpaired) electrons. The summed E-state index contributed by atoms with van der Waals surface area (Å²) in [6.07, 6.45) is 0. The molecule has 0 aliphatic carbocycles. The molecule has 0 bridgehead atoms. The number of aryl methyl sites for hydroxylation is 1. The Hall–Kier alpha value is -2.93. The third-order valence-corrected chi connectivity index (χ3v) is 5.54. The van der Waals surface area contributed by atoms with E-state index < -0.39 is 0 Å². The van der Waals surface area contributed by atoms with Crippen LogP contribution in [0.4, 0.5) is 5.13 Å². The van der Waals surface area contributed by atoms with Crippen LogP contribution in [0.3, 0.4) is 0 Å². The number of imidazole rings is 1. The molecule has 0 unspecified atom stereocenters.